The van der Waals surface area contributed by atoms with E-state index in [0.29, 0.717) is 0 Å². The second-order valence-corrected chi connectivity index (χ2v) is 1.34. The summed E-state index contributed by atoms with van der Waals surface area (Å²) in [5, 5.41) is 0. The van der Waals surface area contributed by atoms with Gasteiger partial charge in [-0.15, -0.1) is 0 Å². The van der Waals surface area contributed by atoms with Crippen LogP contribution in [0.3, 0.4) is 0 Å². The van der Waals surface area contributed by atoms with Gasteiger partial charge >= 0.3 is 33.5 Å². The van der Waals surface area contributed by atoms with Gasteiger partial charge in [-0.3, -0.25) is 9.11 Å². The molecule has 0 aromatic rings. The van der Waals surface area contributed by atoms with E-state index in [2.05, 4.69) is 13.8 Å². The molecule has 0 aliphatic carbocycles. The van der Waals surface area contributed by atoms with Crippen LogP contribution in [0.1, 0.15) is 13.8 Å². The van der Waals surface area contributed by atoms with Gasteiger partial charge in [0.1, 0.15) is 0 Å². The molecule has 0 fully saturated rings. The molecule has 0 saturated carbocycles. The molecule has 0 aliphatic rings. The summed E-state index contributed by atoms with van der Waals surface area (Å²) in [6.45, 7) is 10.0. The largest absolute Gasteiger partial charge is 2.00 e. The van der Waals surface area contributed by atoms with Crippen LogP contribution in [0.25, 0.3) is 0 Å². The van der Waals surface area contributed by atoms with Crippen LogP contribution in [0.4, 0.5) is 0 Å². The van der Waals surface area contributed by atoms with Crippen molar-refractivity contribution in [3.05, 3.63) is 13.8 Å². The third kappa shape index (κ3) is 1240. The van der Waals surface area contributed by atoms with E-state index in [0.717, 1.165) is 0 Å². The molecule has 6 heteroatoms. The van der Waals surface area contributed by atoms with E-state index in [1.807, 2.05) is 0 Å². The molecular formula is C4H12MgO4S. The van der Waals surface area contributed by atoms with Crippen LogP contribution in [0, 0.1) is 13.8 Å². The van der Waals surface area contributed by atoms with Crippen LogP contribution in [0.15, 0.2) is 0 Å². The zero-order chi connectivity index (χ0) is 8.50. The van der Waals surface area contributed by atoms with E-state index in [1.165, 1.54) is 0 Å². The minimum atomic E-state index is -4.67. The maximum absolute atomic E-state index is 8.74. The number of rotatable bonds is 0. The van der Waals surface area contributed by atoms with Crippen LogP contribution in [0.5, 0.6) is 0 Å². The monoisotopic (exact) mass is 180 g/mol. The van der Waals surface area contributed by atoms with Crippen LogP contribution in [-0.2, 0) is 10.4 Å². The van der Waals surface area contributed by atoms with Gasteiger partial charge in [0.2, 0.25) is 0 Å². The molecule has 0 aromatic heterocycles. The van der Waals surface area contributed by atoms with E-state index >= 15 is 0 Å². The van der Waals surface area contributed by atoms with Gasteiger partial charge in [-0.1, -0.05) is 0 Å². The topological polar surface area (TPSA) is 74.6 Å². The molecule has 4 nitrogen and oxygen atoms in total. The van der Waals surface area contributed by atoms with Gasteiger partial charge in [-0.2, -0.15) is 22.3 Å². The maximum atomic E-state index is 8.74. The second-order valence-electron chi connectivity index (χ2n) is 0.448. The first kappa shape index (κ1) is 22.4. The summed E-state index contributed by atoms with van der Waals surface area (Å²) in [5.74, 6) is 0. The van der Waals surface area contributed by atoms with Crippen molar-refractivity contribution < 1.29 is 17.5 Å². The Morgan fingerprint density at radius 2 is 1.00 bits per heavy atom. The Balaban J connectivity index is -0.0000000315. The third-order valence-electron chi connectivity index (χ3n) is 0. The van der Waals surface area contributed by atoms with Gasteiger partial charge in [-0.05, 0) is 0 Å². The van der Waals surface area contributed by atoms with Gasteiger partial charge in [-0.25, -0.2) is 0 Å². The normalized spacial score (nSPS) is 7.00. The quantitative estimate of drug-likeness (QED) is 0.326. The zero-order valence-electron chi connectivity index (χ0n) is 6.24. The molecule has 10 heavy (non-hydrogen) atoms. The molecule has 60 valence electrons. The molecule has 2 N–H and O–H groups in total. The fourth-order valence-corrected chi connectivity index (χ4v) is 0. The Kier molecular flexibility index (Phi) is 36.6. The Hall–Kier alpha value is 0.636. The van der Waals surface area contributed by atoms with Crippen LogP contribution < -0.4 is 0 Å². The number of hydrogen-bond donors (Lipinski definition) is 2. The van der Waals surface area contributed by atoms with Crippen LogP contribution in [-0.4, -0.2) is 40.6 Å². The van der Waals surface area contributed by atoms with Crippen molar-refractivity contribution in [2.24, 2.45) is 0 Å². The molecule has 0 spiro atoms. The van der Waals surface area contributed by atoms with Crippen molar-refractivity contribution in [2.45, 2.75) is 13.8 Å². The van der Waals surface area contributed by atoms with E-state index in [-0.39, 0.29) is 23.1 Å². The number of hydrogen-bond acceptors (Lipinski definition) is 2. The summed E-state index contributed by atoms with van der Waals surface area (Å²) in [6, 6.07) is 0. The van der Waals surface area contributed by atoms with Crippen molar-refractivity contribution in [1.82, 2.24) is 0 Å². The van der Waals surface area contributed by atoms with Gasteiger partial charge in [0.25, 0.3) is 0 Å². The second kappa shape index (κ2) is 16.3. The van der Waals surface area contributed by atoms with Crippen molar-refractivity contribution in [1.29, 1.82) is 0 Å². The first-order valence-corrected chi connectivity index (χ1v) is 3.51. The summed E-state index contributed by atoms with van der Waals surface area (Å²) >= 11 is 0. The first-order valence-electron chi connectivity index (χ1n) is 2.11. The smallest absolute Gasteiger partial charge is 0.346 e. The predicted molar refractivity (Wildman–Crippen MR) is 42.0 cm³/mol. The van der Waals surface area contributed by atoms with E-state index in [1.54, 1.807) is 13.8 Å². The molecule has 0 heterocycles. The summed E-state index contributed by atoms with van der Waals surface area (Å²) < 4.78 is 31.6. The zero-order valence-corrected chi connectivity index (χ0v) is 8.47. The minimum Gasteiger partial charge on any atom is -0.346 e. The summed E-state index contributed by atoms with van der Waals surface area (Å²) in [4.78, 5) is 0. The molecule has 0 saturated heterocycles. The fraction of sp³-hybridized carbons (Fsp3) is 0.500. The average Bonchev–Trinajstić information content (AvgIpc) is 1.72. The summed E-state index contributed by atoms with van der Waals surface area (Å²) in [6.07, 6.45) is 0. The van der Waals surface area contributed by atoms with E-state index in [9.17, 15) is 0 Å². The van der Waals surface area contributed by atoms with Crippen LogP contribution >= 0.6 is 0 Å². The molecule has 0 amide bonds. The van der Waals surface area contributed by atoms with Gasteiger partial charge in [0, 0.05) is 0 Å². The minimum absolute atomic E-state index is 0. The molecule has 0 aromatic carbocycles. The van der Waals surface area contributed by atoms with Crippen LogP contribution in [0.2, 0.25) is 0 Å². The Morgan fingerprint density at radius 1 is 1.00 bits per heavy atom. The average molecular weight is 181 g/mol. The Morgan fingerprint density at radius 3 is 1.00 bits per heavy atom. The maximum Gasteiger partial charge on any atom is 2.00 e. The van der Waals surface area contributed by atoms with Gasteiger partial charge < -0.3 is 13.8 Å². The van der Waals surface area contributed by atoms with E-state index in [4.69, 9.17) is 17.5 Å². The standard InChI is InChI=1S/2C2H5.Mg.H2O4S/c2*1-2;;1-5(2,3)4/h2*1H2,2H3;;(H2,1,2,3,4)/q2*-1;+2;. The first-order chi connectivity index (χ1) is 4.00. The van der Waals surface area contributed by atoms with Crippen molar-refractivity contribution in [3.63, 3.8) is 0 Å². The molecule has 0 radical (unpaired) electrons. The SMILES string of the molecule is O=S(=O)(O)O.[CH2-]C.[CH2-]C.[Mg+2]. The molecular weight excluding hydrogens is 168 g/mol. The van der Waals surface area contributed by atoms with Crippen molar-refractivity contribution in [3.8, 4) is 0 Å². The van der Waals surface area contributed by atoms with E-state index < -0.39 is 10.4 Å². The summed E-state index contributed by atoms with van der Waals surface area (Å²) in [5.41, 5.74) is 0. The van der Waals surface area contributed by atoms with Crippen molar-refractivity contribution >= 4 is 33.5 Å². The van der Waals surface area contributed by atoms with Gasteiger partial charge in [0.05, 0.1) is 0 Å². The molecule has 0 unspecified atom stereocenters. The predicted octanol–water partition coefficient (Wildman–Crippen LogP) is 0.647. The Bertz CT molecular complexity index is 100. The molecule has 0 rings (SSSR count). The fourth-order valence-electron chi connectivity index (χ4n) is 0. The van der Waals surface area contributed by atoms with Crippen molar-refractivity contribution in [2.75, 3.05) is 0 Å². The Labute approximate surface area is 78.7 Å². The molecule has 0 bridgehead atoms. The molecule has 0 aliphatic heterocycles. The summed E-state index contributed by atoms with van der Waals surface area (Å²) in [7, 11) is -4.67. The third-order valence-corrected chi connectivity index (χ3v) is 0. The van der Waals surface area contributed by atoms with Gasteiger partial charge in [0.15, 0.2) is 0 Å². The molecule has 0 atom stereocenters.